The molecule has 1 N–H and O–H groups in total. The number of carbonyl (C=O) groups is 1. The number of ether oxygens (including phenoxy) is 1. The summed E-state index contributed by atoms with van der Waals surface area (Å²) < 4.78 is 5.48. The Morgan fingerprint density at radius 2 is 2.32 bits per heavy atom. The summed E-state index contributed by atoms with van der Waals surface area (Å²) in [7, 11) is 0. The van der Waals surface area contributed by atoms with Gasteiger partial charge in [-0.15, -0.1) is 0 Å². The van der Waals surface area contributed by atoms with Crippen LogP contribution in [0.2, 0.25) is 0 Å². The molecule has 1 aliphatic heterocycles. The number of rotatable bonds is 5. The summed E-state index contributed by atoms with van der Waals surface area (Å²) in [6.07, 6.45) is 1.89. The molecule has 2 unspecified atom stereocenters. The molecule has 1 aromatic heterocycles. The van der Waals surface area contributed by atoms with Crippen LogP contribution in [0.15, 0.2) is 16.8 Å². The minimum absolute atomic E-state index is 0.180. The molecular formula is C17H28N2O2S. The molecule has 0 bridgehead atoms. The van der Waals surface area contributed by atoms with Crippen molar-refractivity contribution in [3.8, 4) is 0 Å². The van der Waals surface area contributed by atoms with Gasteiger partial charge in [0.1, 0.15) is 5.60 Å². The number of hydrogen-bond acceptors (Lipinski definition) is 4. The molecule has 0 aromatic carbocycles. The summed E-state index contributed by atoms with van der Waals surface area (Å²) in [4.78, 5) is 14.0. The largest absolute Gasteiger partial charge is 0.444 e. The van der Waals surface area contributed by atoms with E-state index < -0.39 is 5.60 Å². The number of likely N-dealkylation sites (tertiary alicyclic amines) is 1. The Bertz CT molecular complexity index is 468. The summed E-state index contributed by atoms with van der Waals surface area (Å²) in [5.41, 5.74) is 0.957. The van der Waals surface area contributed by atoms with Crippen molar-refractivity contribution < 1.29 is 9.53 Å². The van der Waals surface area contributed by atoms with Crippen molar-refractivity contribution in [3.63, 3.8) is 0 Å². The first-order chi connectivity index (χ1) is 10.4. The Morgan fingerprint density at radius 3 is 2.91 bits per heavy atom. The highest BCUT2D eigenvalue weighted by atomic mass is 32.1. The van der Waals surface area contributed by atoms with E-state index in [1.807, 2.05) is 25.7 Å². The maximum atomic E-state index is 12.2. The molecular weight excluding hydrogens is 296 g/mol. The molecule has 2 heterocycles. The maximum absolute atomic E-state index is 12.2. The Balaban J connectivity index is 1.92. The monoisotopic (exact) mass is 324 g/mol. The highest BCUT2D eigenvalue weighted by Crippen LogP contribution is 2.24. The molecule has 1 fully saturated rings. The second-order valence-corrected chi connectivity index (χ2v) is 7.76. The third kappa shape index (κ3) is 4.99. The third-order valence-corrected chi connectivity index (χ3v) is 4.68. The molecule has 124 valence electrons. The Kier molecular flexibility index (Phi) is 5.87. The molecule has 4 nitrogen and oxygen atoms in total. The molecule has 5 heteroatoms. The van der Waals surface area contributed by atoms with Crippen molar-refractivity contribution in [2.45, 2.75) is 52.2 Å². The third-order valence-electron chi connectivity index (χ3n) is 3.95. The van der Waals surface area contributed by atoms with Gasteiger partial charge < -0.3 is 15.0 Å². The van der Waals surface area contributed by atoms with Gasteiger partial charge in [0.25, 0.3) is 0 Å². The first-order valence-electron chi connectivity index (χ1n) is 8.11. The number of thiophene rings is 1. The number of nitrogens with one attached hydrogen (secondary N) is 1. The van der Waals surface area contributed by atoms with Crippen LogP contribution in [0.25, 0.3) is 0 Å². The van der Waals surface area contributed by atoms with Gasteiger partial charge in [-0.25, -0.2) is 4.79 Å². The predicted octanol–water partition coefficient (Wildman–Crippen LogP) is 3.53. The van der Waals surface area contributed by atoms with E-state index in [2.05, 4.69) is 29.1 Å². The number of carbonyl (C=O) groups excluding carboxylic acids is 1. The number of likely N-dealkylation sites (N-methyl/N-ethyl adjacent to an activating group) is 1. The van der Waals surface area contributed by atoms with Gasteiger partial charge in [0.2, 0.25) is 0 Å². The SMILES string of the molecule is CCNC(Cc1ccsc1)C1CCN(C(=O)OC(C)(C)C)C1. The van der Waals surface area contributed by atoms with Crippen LogP contribution in [0.1, 0.15) is 39.7 Å². The lowest BCUT2D eigenvalue weighted by atomic mass is 9.93. The fourth-order valence-electron chi connectivity index (χ4n) is 2.94. The quantitative estimate of drug-likeness (QED) is 0.901. The molecule has 0 saturated carbocycles. The summed E-state index contributed by atoms with van der Waals surface area (Å²) in [5.74, 6) is 0.493. The minimum Gasteiger partial charge on any atom is -0.444 e. The fraction of sp³-hybridized carbons (Fsp3) is 0.706. The van der Waals surface area contributed by atoms with Gasteiger partial charge in [0.15, 0.2) is 0 Å². The maximum Gasteiger partial charge on any atom is 0.410 e. The highest BCUT2D eigenvalue weighted by Gasteiger charge is 2.33. The van der Waals surface area contributed by atoms with Gasteiger partial charge in [-0.1, -0.05) is 6.92 Å². The molecule has 0 radical (unpaired) electrons. The summed E-state index contributed by atoms with van der Waals surface area (Å²) in [5, 5.41) is 7.93. The summed E-state index contributed by atoms with van der Waals surface area (Å²) >= 11 is 1.74. The molecule has 0 aliphatic carbocycles. The standard InChI is InChI=1S/C17H28N2O2S/c1-5-18-15(10-13-7-9-22-12-13)14-6-8-19(11-14)16(20)21-17(2,3)4/h7,9,12,14-15,18H,5-6,8,10-11H2,1-4H3. The molecule has 2 rings (SSSR count). The zero-order chi connectivity index (χ0) is 16.2. The summed E-state index contributed by atoms with van der Waals surface area (Å²) in [6, 6.07) is 2.61. The molecule has 1 aliphatic rings. The van der Waals surface area contributed by atoms with E-state index in [1.54, 1.807) is 11.3 Å². The number of hydrogen-bond donors (Lipinski definition) is 1. The number of nitrogens with zero attached hydrogens (tertiary/aromatic N) is 1. The van der Waals surface area contributed by atoms with Gasteiger partial charge in [0.05, 0.1) is 0 Å². The van der Waals surface area contributed by atoms with Gasteiger partial charge in [0, 0.05) is 19.1 Å². The van der Waals surface area contributed by atoms with Crippen LogP contribution in [-0.2, 0) is 11.2 Å². The van der Waals surface area contributed by atoms with Crippen molar-refractivity contribution in [3.05, 3.63) is 22.4 Å². The Labute approximate surface area is 137 Å². The van der Waals surface area contributed by atoms with Crippen LogP contribution in [0.4, 0.5) is 4.79 Å². The van der Waals surface area contributed by atoms with Crippen molar-refractivity contribution in [1.29, 1.82) is 0 Å². The molecule has 2 atom stereocenters. The van der Waals surface area contributed by atoms with Gasteiger partial charge in [-0.05, 0) is 68.5 Å². The van der Waals surface area contributed by atoms with E-state index in [4.69, 9.17) is 4.74 Å². The first-order valence-corrected chi connectivity index (χ1v) is 9.05. The van der Waals surface area contributed by atoms with Crippen molar-refractivity contribution in [1.82, 2.24) is 10.2 Å². The lowest BCUT2D eigenvalue weighted by molar-refractivity contribution is 0.0285. The Hall–Kier alpha value is -1.07. The van der Waals surface area contributed by atoms with Gasteiger partial charge in [-0.2, -0.15) is 11.3 Å². The van der Waals surface area contributed by atoms with E-state index in [-0.39, 0.29) is 6.09 Å². The van der Waals surface area contributed by atoms with Crippen LogP contribution in [-0.4, -0.2) is 42.3 Å². The van der Waals surface area contributed by atoms with Crippen LogP contribution < -0.4 is 5.32 Å². The lowest BCUT2D eigenvalue weighted by Gasteiger charge is -2.26. The fourth-order valence-corrected chi connectivity index (χ4v) is 3.62. The molecule has 1 aromatic rings. The molecule has 1 saturated heterocycles. The van der Waals surface area contributed by atoms with Crippen LogP contribution in [0, 0.1) is 5.92 Å². The van der Waals surface area contributed by atoms with Crippen molar-refractivity contribution in [2.75, 3.05) is 19.6 Å². The van der Waals surface area contributed by atoms with E-state index in [0.717, 1.165) is 32.5 Å². The normalized spacial score (nSPS) is 20.2. The minimum atomic E-state index is -0.424. The highest BCUT2D eigenvalue weighted by molar-refractivity contribution is 7.07. The van der Waals surface area contributed by atoms with E-state index in [0.29, 0.717) is 12.0 Å². The van der Waals surface area contributed by atoms with Gasteiger partial charge >= 0.3 is 6.09 Å². The predicted molar refractivity (Wildman–Crippen MR) is 91.4 cm³/mol. The topological polar surface area (TPSA) is 41.6 Å². The van der Waals surface area contributed by atoms with Crippen molar-refractivity contribution >= 4 is 17.4 Å². The van der Waals surface area contributed by atoms with Crippen LogP contribution in [0.3, 0.4) is 0 Å². The van der Waals surface area contributed by atoms with Crippen LogP contribution >= 0.6 is 11.3 Å². The van der Waals surface area contributed by atoms with Gasteiger partial charge in [-0.3, -0.25) is 0 Å². The second kappa shape index (κ2) is 7.47. The molecule has 1 amide bonds. The van der Waals surface area contributed by atoms with Crippen LogP contribution in [0.5, 0.6) is 0 Å². The average Bonchev–Trinajstić information content (AvgIpc) is 3.07. The van der Waals surface area contributed by atoms with E-state index in [9.17, 15) is 4.79 Å². The van der Waals surface area contributed by atoms with E-state index >= 15 is 0 Å². The Morgan fingerprint density at radius 1 is 1.55 bits per heavy atom. The summed E-state index contributed by atoms with van der Waals surface area (Å²) in [6.45, 7) is 10.4. The van der Waals surface area contributed by atoms with E-state index in [1.165, 1.54) is 5.56 Å². The molecule has 0 spiro atoms. The zero-order valence-corrected chi connectivity index (χ0v) is 14.9. The smallest absolute Gasteiger partial charge is 0.410 e. The number of amides is 1. The molecule has 22 heavy (non-hydrogen) atoms. The average molecular weight is 324 g/mol. The van der Waals surface area contributed by atoms with Crippen molar-refractivity contribution in [2.24, 2.45) is 5.92 Å². The second-order valence-electron chi connectivity index (χ2n) is 6.98. The lowest BCUT2D eigenvalue weighted by Crippen LogP contribution is -2.41. The first kappa shape index (κ1) is 17.3. The zero-order valence-electron chi connectivity index (χ0n) is 14.1.